The standard InChI is InChI=1S/C10H10N4O/c1-7(15)9-10(11)13-14(12-9)8-5-3-2-4-6-8/h2-6H,1H3,(H2,11,13). The molecule has 0 amide bonds. The topological polar surface area (TPSA) is 73.8 Å². The van der Waals surface area contributed by atoms with Crippen molar-refractivity contribution in [1.29, 1.82) is 0 Å². The van der Waals surface area contributed by atoms with Crippen LogP contribution in [-0.4, -0.2) is 20.8 Å². The van der Waals surface area contributed by atoms with Crippen molar-refractivity contribution in [3.63, 3.8) is 0 Å². The minimum Gasteiger partial charge on any atom is -0.380 e. The summed E-state index contributed by atoms with van der Waals surface area (Å²) in [6.45, 7) is 1.41. The molecule has 0 bridgehead atoms. The van der Waals surface area contributed by atoms with Crippen molar-refractivity contribution in [3.05, 3.63) is 36.0 Å². The largest absolute Gasteiger partial charge is 0.380 e. The molecule has 0 aliphatic heterocycles. The van der Waals surface area contributed by atoms with Crippen molar-refractivity contribution in [2.45, 2.75) is 6.92 Å². The van der Waals surface area contributed by atoms with Crippen LogP contribution < -0.4 is 5.73 Å². The Morgan fingerprint density at radius 2 is 1.93 bits per heavy atom. The molecule has 0 fully saturated rings. The van der Waals surface area contributed by atoms with E-state index in [1.54, 1.807) is 0 Å². The van der Waals surface area contributed by atoms with Crippen LogP contribution in [0.25, 0.3) is 5.69 Å². The molecule has 2 aromatic rings. The second kappa shape index (κ2) is 3.53. The van der Waals surface area contributed by atoms with E-state index in [-0.39, 0.29) is 17.3 Å². The predicted molar refractivity (Wildman–Crippen MR) is 55.8 cm³/mol. The molecular weight excluding hydrogens is 192 g/mol. The van der Waals surface area contributed by atoms with Crippen LogP contribution in [0.5, 0.6) is 0 Å². The monoisotopic (exact) mass is 202 g/mol. The maximum absolute atomic E-state index is 11.1. The van der Waals surface area contributed by atoms with Gasteiger partial charge in [0, 0.05) is 6.92 Å². The summed E-state index contributed by atoms with van der Waals surface area (Å²) in [5.41, 5.74) is 6.55. The van der Waals surface area contributed by atoms with Gasteiger partial charge in [-0.2, -0.15) is 0 Å². The smallest absolute Gasteiger partial charge is 0.183 e. The molecule has 5 nitrogen and oxygen atoms in total. The number of nitrogens with two attached hydrogens (primary N) is 1. The summed E-state index contributed by atoms with van der Waals surface area (Å²) >= 11 is 0. The molecule has 0 aliphatic rings. The number of nitrogens with zero attached hydrogens (tertiary/aromatic N) is 3. The van der Waals surface area contributed by atoms with Crippen LogP contribution in [-0.2, 0) is 0 Å². The molecule has 1 aromatic carbocycles. The van der Waals surface area contributed by atoms with Crippen molar-refractivity contribution < 1.29 is 4.79 Å². The molecule has 15 heavy (non-hydrogen) atoms. The minimum absolute atomic E-state index is 0.159. The number of nitrogen functional groups attached to an aromatic ring is 1. The third-order valence-electron chi connectivity index (χ3n) is 1.96. The molecule has 2 N–H and O–H groups in total. The highest BCUT2D eigenvalue weighted by Crippen LogP contribution is 2.10. The lowest BCUT2D eigenvalue weighted by molar-refractivity contribution is 0.101. The zero-order chi connectivity index (χ0) is 10.8. The fraction of sp³-hybridized carbons (Fsp3) is 0.100. The van der Waals surface area contributed by atoms with E-state index in [4.69, 9.17) is 5.73 Å². The first-order valence-electron chi connectivity index (χ1n) is 4.47. The number of Topliss-reactive ketones (excluding diaryl/α,β-unsaturated/α-hetero) is 1. The SMILES string of the molecule is CC(=O)c1nn(-c2ccccc2)nc1N. The molecule has 0 aliphatic carbocycles. The number of ketones is 1. The first-order chi connectivity index (χ1) is 7.18. The second-order valence-electron chi connectivity index (χ2n) is 3.12. The van der Waals surface area contributed by atoms with Crippen LogP contribution in [0.2, 0.25) is 0 Å². The third-order valence-corrected chi connectivity index (χ3v) is 1.96. The normalized spacial score (nSPS) is 10.2. The van der Waals surface area contributed by atoms with E-state index in [1.165, 1.54) is 11.7 Å². The Morgan fingerprint density at radius 1 is 1.27 bits per heavy atom. The Balaban J connectivity index is 2.48. The maximum Gasteiger partial charge on any atom is 0.183 e. The van der Waals surface area contributed by atoms with Gasteiger partial charge in [0.1, 0.15) is 0 Å². The van der Waals surface area contributed by atoms with Gasteiger partial charge in [0.2, 0.25) is 0 Å². The van der Waals surface area contributed by atoms with E-state index in [0.29, 0.717) is 0 Å². The van der Waals surface area contributed by atoms with Gasteiger partial charge in [0.25, 0.3) is 0 Å². The number of benzene rings is 1. The highest BCUT2D eigenvalue weighted by atomic mass is 16.1. The molecular formula is C10H10N4O. The van der Waals surface area contributed by atoms with Gasteiger partial charge in [0.05, 0.1) is 5.69 Å². The van der Waals surface area contributed by atoms with Crippen LogP contribution >= 0.6 is 0 Å². The summed E-state index contributed by atoms with van der Waals surface area (Å²) in [6.07, 6.45) is 0. The van der Waals surface area contributed by atoms with Crippen molar-refractivity contribution in [2.75, 3.05) is 5.73 Å². The van der Waals surface area contributed by atoms with E-state index in [0.717, 1.165) is 5.69 Å². The molecule has 0 unspecified atom stereocenters. The Bertz CT molecular complexity index is 489. The first-order valence-corrected chi connectivity index (χ1v) is 4.47. The number of para-hydroxylation sites is 1. The van der Waals surface area contributed by atoms with E-state index in [9.17, 15) is 4.79 Å². The molecule has 0 saturated heterocycles. The van der Waals surface area contributed by atoms with Gasteiger partial charge in [-0.3, -0.25) is 4.79 Å². The molecule has 0 saturated carbocycles. The lowest BCUT2D eigenvalue weighted by atomic mass is 10.3. The molecule has 2 rings (SSSR count). The van der Waals surface area contributed by atoms with Crippen molar-refractivity contribution in [3.8, 4) is 5.69 Å². The zero-order valence-electron chi connectivity index (χ0n) is 8.21. The van der Waals surface area contributed by atoms with Gasteiger partial charge < -0.3 is 5.73 Å². The number of carbonyl (C=O) groups excluding carboxylic acids is 1. The van der Waals surface area contributed by atoms with Gasteiger partial charge in [-0.05, 0) is 12.1 Å². The Kier molecular flexibility index (Phi) is 2.21. The molecule has 1 aromatic heterocycles. The molecule has 0 radical (unpaired) electrons. The lowest BCUT2D eigenvalue weighted by Gasteiger charge is -1.96. The Morgan fingerprint density at radius 3 is 2.47 bits per heavy atom. The average Bonchev–Trinajstić information content (AvgIpc) is 2.62. The van der Waals surface area contributed by atoms with Crippen LogP contribution in [0.4, 0.5) is 5.82 Å². The van der Waals surface area contributed by atoms with Crippen LogP contribution in [0.3, 0.4) is 0 Å². The average molecular weight is 202 g/mol. The van der Waals surface area contributed by atoms with E-state index < -0.39 is 0 Å². The van der Waals surface area contributed by atoms with Crippen molar-refractivity contribution in [2.24, 2.45) is 0 Å². The number of anilines is 1. The summed E-state index contributed by atoms with van der Waals surface area (Å²) < 4.78 is 0. The van der Waals surface area contributed by atoms with E-state index >= 15 is 0 Å². The van der Waals surface area contributed by atoms with Gasteiger partial charge in [-0.15, -0.1) is 15.0 Å². The van der Waals surface area contributed by atoms with Gasteiger partial charge in [0.15, 0.2) is 17.3 Å². The summed E-state index contributed by atoms with van der Waals surface area (Å²) in [4.78, 5) is 12.5. The number of hydrogen-bond donors (Lipinski definition) is 1. The number of rotatable bonds is 2. The molecule has 76 valence electrons. The van der Waals surface area contributed by atoms with Crippen LogP contribution in [0, 0.1) is 0 Å². The summed E-state index contributed by atoms with van der Waals surface area (Å²) in [5.74, 6) is -0.0268. The fourth-order valence-corrected chi connectivity index (χ4v) is 1.25. The zero-order valence-corrected chi connectivity index (χ0v) is 8.21. The van der Waals surface area contributed by atoms with Crippen LogP contribution in [0.1, 0.15) is 17.4 Å². The van der Waals surface area contributed by atoms with Crippen molar-refractivity contribution >= 4 is 11.6 Å². The van der Waals surface area contributed by atoms with Gasteiger partial charge in [-0.1, -0.05) is 18.2 Å². The van der Waals surface area contributed by atoms with Crippen molar-refractivity contribution in [1.82, 2.24) is 15.0 Å². The van der Waals surface area contributed by atoms with E-state index in [1.807, 2.05) is 30.3 Å². The number of carbonyl (C=O) groups is 1. The number of hydrogen-bond acceptors (Lipinski definition) is 4. The lowest BCUT2D eigenvalue weighted by Crippen LogP contribution is -2.00. The molecule has 5 heteroatoms. The maximum atomic E-state index is 11.1. The quantitative estimate of drug-likeness (QED) is 0.739. The Labute approximate surface area is 86.5 Å². The summed E-state index contributed by atoms with van der Waals surface area (Å²) in [6, 6.07) is 9.29. The second-order valence-corrected chi connectivity index (χ2v) is 3.12. The predicted octanol–water partition coefficient (Wildman–Crippen LogP) is 1.05. The molecule has 1 heterocycles. The van der Waals surface area contributed by atoms with Gasteiger partial charge in [-0.25, -0.2) is 0 Å². The highest BCUT2D eigenvalue weighted by molar-refractivity contribution is 5.96. The first kappa shape index (κ1) is 9.39. The minimum atomic E-state index is -0.185. The fourth-order valence-electron chi connectivity index (χ4n) is 1.25. The summed E-state index contributed by atoms with van der Waals surface area (Å²) in [7, 11) is 0. The van der Waals surface area contributed by atoms with E-state index in [2.05, 4.69) is 10.2 Å². The molecule has 0 spiro atoms. The Hall–Kier alpha value is -2.17. The summed E-state index contributed by atoms with van der Waals surface area (Å²) in [5, 5.41) is 7.98. The van der Waals surface area contributed by atoms with Crippen LogP contribution in [0.15, 0.2) is 30.3 Å². The highest BCUT2D eigenvalue weighted by Gasteiger charge is 2.12. The third kappa shape index (κ3) is 1.71. The van der Waals surface area contributed by atoms with Gasteiger partial charge >= 0.3 is 0 Å². The molecule has 0 atom stereocenters. The number of aromatic nitrogens is 3.